The maximum atomic E-state index is 5.70. The van der Waals surface area contributed by atoms with Crippen LogP contribution in [0.25, 0.3) is 5.65 Å². The molecule has 2 N–H and O–H groups in total. The Hall–Kier alpha value is -2.40. The van der Waals surface area contributed by atoms with Crippen molar-refractivity contribution in [3.8, 4) is 5.75 Å². The molecular weight excluding hydrogens is 252 g/mol. The molecule has 5 heteroatoms. The van der Waals surface area contributed by atoms with Crippen LogP contribution in [0.3, 0.4) is 0 Å². The molecule has 0 radical (unpaired) electrons. The number of nitrogens with zero attached hydrogens (tertiary/aromatic N) is 3. The summed E-state index contributed by atoms with van der Waals surface area (Å²) in [6.07, 6.45) is 1.92. The van der Waals surface area contributed by atoms with E-state index in [0.29, 0.717) is 13.2 Å². The molecular formula is C15H16N4O. The topological polar surface area (TPSA) is 65.4 Å². The maximum Gasteiger partial charge on any atom is 0.140 e. The van der Waals surface area contributed by atoms with Crippen LogP contribution in [0.1, 0.15) is 17.2 Å². The number of para-hydroxylation sites is 1. The number of hydrogen-bond acceptors (Lipinski definition) is 4. The molecule has 2 aromatic heterocycles. The first-order chi connectivity index (χ1) is 9.76. The van der Waals surface area contributed by atoms with E-state index in [0.717, 1.165) is 28.6 Å². The molecule has 3 aromatic rings. The van der Waals surface area contributed by atoms with E-state index in [-0.39, 0.29) is 0 Å². The molecule has 0 bridgehead atoms. The Morgan fingerprint density at radius 3 is 2.70 bits per heavy atom. The summed E-state index contributed by atoms with van der Waals surface area (Å²) >= 11 is 0. The van der Waals surface area contributed by atoms with Crippen LogP contribution in [0, 0.1) is 6.92 Å². The van der Waals surface area contributed by atoms with Crippen LogP contribution in [-0.2, 0) is 13.2 Å². The molecule has 0 fully saturated rings. The summed E-state index contributed by atoms with van der Waals surface area (Å²) in [6.45, 7) is 2.80. The van der Waals surface area contributed by atoms with Gasteiger partial charge in [0.15, 0.2) is 0 Å². The molecule has 0 aliphatic heterocycles. The third kappa shape index (κ3) is 2.48. The van der Waals surface area contributed by atoms with E-state index >= 15 is 0 Å². The number of aryl methyl sites for hydroxylation is 1. The van der Waals surface area contributed by atoms with Gasteiger partial charge in [-0.2, -0.15) is 0 Å². The van der Waals surface area contributed by atoms with Crippen molar-refractivity contribution in [3.05, 3.63) is 59.8 Å². The monoisotopic (exact) mass is 268 g/mol. The van der Waals surface area contributed by atoms with Crippen LogP contribution in [0.4, 0.5) is 0 Å². The minimum Gasteiger partial charge on any atom is -0.487 e. The highest BCUT2D eigenvalue weighted by molar-refractivity contribution is 5.42. The predicted molar refractivity (Wildman–Crippen MR) is 76.4 cm³/mol. The smallest absolute Gasteiger partial charge is 0.140 e. The Kier molecular flexibility index (Phi) is 3.35. The van der Waals surface area contributed by atoms with Gasteiger partial charge in [-0.1, -0.05) is 18.2 Å². The standard InChI is InChI=1S/C15H16N4O/c1-11-17-12(10-20-14-5-3-2-4-6-14)7-15-18-13(8-16)9-19(11)15/h2-7,9H,8,10,16H2,1H3. The number of ether oxygens (including phenoxy) is 1. The molecule has 20 heavy (non-hydrogen) atoms. The largest absolute Gasteiger partial charge is 0.487 e. The molecule has 0 aliphatic carbocycles. The number of rotatable bonds is 4. The fourth-order valence-corrected chi connectivity index (χ4v) is 2.10. The Balaban J connectivity index is 1.85. The van der Waals surface area contributed by atoms with E-state index in [1.165, 1.54) is 0 Å². The lowest BCUT2D eigenvalue weighted by Gasteiger charge is -2.07. The van der Waals surface area contributed by atoms with Crippen molar-refractivity contribution >= 4 is 5.65 Å². The van der Waals surface area contributed by atoms with Crippen LogP contribution in [0.15, 0.2) is 42.6 Å². The van der Waals surface area contributed by atoms with Crippen molar-refractivity contribution in [1.82, 2.24) is 14.4 Å². The molecule has 0 spiro atoms. The first kappa shape index (κ1) is 12.6. The average Bonchev–Trinajstić information content (AvgIpc) is 2.90. The summed E-state index contributed by atoms with van der Waals surface area (Å²) in [7, 11) is 0. The fourth-order valence-electron chi connectivity index (χ4n) is 2.10. The highest BCUT2D eigenvalue weighted by Gasteiger charge is 2.06. The molecule has 0 saturated heterocycles. The molecule has 102 valence electrons. The molecule has 0 amide bonds. The van der Waals surface area contributed by atoms with Crippen LogP contribution in [0.5, 0.6) is 5.75 Å². The van der Waals surface area contributed by atoms with Gasteiger partial charge in [0.1, 0.15) is 23.8 Å². The van der Waals surface area contributed by atoms with E-state index in [1.807, 2.05) is 53.9 Å². The van der Waals surface area contributed by atoms with Gasteiger partial charge >= 0.3 is 0 Å². The number of aromatic nitrogens is 3. The summed E-state index contributed by atoms with van der Waals surface area (Å²) in [5, 5.41) is 0. The molecule has 1 aromatic carbocycles. The van der Waals surface area contributed by atoms with Gasteiger partial charge in [0.25, 0.3) is 0 Å². The van der Waals surface area contributed by atoms with Gasteiger partial charge in [0.05, 0.1) is 11.4 Å². The normalized spacial score (nSPS) is 10.9. The average molecular weight is 268 g/mol. The first-order valence-electron chi connectivity index (χ1n) is 6.48. The summed E-state index contributed by atoms with van der Waals surface area (Å²) < 4.78 is 7.64. The maximum absolute atomic E-state index is 5.70. The van der Waals surface area contributed by atoms with E-state index in [4.69, 9.17) is 10.5 Å². The van der Waals surface area contributed by atoms with Gasteiger partial charge in [0, 0.05) is 18.8 Å². The van der Waals surface area contributed by atoms with Gasteiger partial charge in [-0.3, -0.25) is 4.40 Å². The second-order valence-electron chi connectivity index (χ2n) is 4.56. The summed E-state index contributed by atoms with van der Waals surface area (Å²) in [5.41, 5.74) is 8.18. The van der Waals surface area contributed by atoms with Crippen molar-refractivity contribution in [2.45, 2.75) is 20.1 Å². The third-order valence-electron chi connectivity index (χ3n) is 3.07. The molecule has 5 nitrogen and oxygen atoms in total. The van der Waals surface area contributed by atoms with Crippen molar-refractivity contribution in [2.75, 3.05) is 0 Å². The van der Waals surface area contributed by atoms with Crippen LogP contribution < -0.4 is 10.5 Å². The zero-order valence-corrected chi connectivity index (χ0v) is 11.3. The van der Waals surface area contributed by atoms with Crippen molar-refractivity contribution in [1.29, 1.82) is 0 Å². The molecule has 0 saturated carbocycles. The molecule has 0 aliphatic rings. The summed E-state index contributed by atoms with van der Waals surface area (Å²) in [6, 6.07) is 11.6. The van der Waals surface area contributed by atoms with Gasteiger partial charge in [-0.25, -0.2) is 9.97 Å². The Bertz CT molecular complexity index is 721. The third-order valence-corrected chi connectivity index (χ3v) is 3.07. The van der Waals surface area contributed by atoms with E-state index in [1.54, 1.807) is 0 Å². The number of benzene rings is 1. The summed E-state index contributed by atoms with van der Waals surface area (Å²) in [5.74, 6) is 1.71. The zero-order valence-electron chi connectivity index (χ0n) is 11.3. The Morgan fingerprint density at radius 2 is 1.95 bits per heavy atom. The van der Waals surface area contributed by atoms with E-state index < -0.39 is 0 Å². The van der Waals surface area contributed by atoms with E-state index in [9.17, 15) is 0 Å². The van der Waals surface area contributed by atoms with Gasteiger partial charge in [-0.05, 0) is 19.1 Å². The van der Waals surface area contributed by atoms with E-state index in [2.05, 4.69) is 9.97 Å². The number of nitrogens with two attached hydrogens (primary N) is 1. The second-order valence-corrected chi connectivity index (χ2v) is 4.56. The predicted octanol–water partition coefficient (Wildman–Crippen LogP) is 2.08. The lowest BCUT2D eigenvalue weighted by molar-refractivity contribution is 0.301. The molecule has 3 rings (SSSR count). The lowest BCUT2D eigenvalue weighted by Crippen LogP contribution is -2.03. The quantitative estimate of drug-likeness (QED) is 0.786. The zero-order chi connectivity index (χ0) is 13.9. The number of fused-ring (bicyclic) bond motifs is 1. The first-order valence-corrected chi connectivity index (χ1v) is 6.48. The molecule has 0 unspecified atom stereocenters. The summed E-state index contributed by atoms with van der Waals surface area (Å²) in [4.78, 5) is 8.97. The molecule has 0 atom stereocenters. The van der Waals surface area contributed by atoms with Crippen molar-refractivity contribution in [2.24, 2.45) is 5.73 Å². The van der Waals surface area contributed by atoms with Gasteiger partial charge in [-0.15, -0.1) is 0 Å². The highest BCUT2D eigenvalue weighted by Crippen LogP contribution is 2.13. The van der Waals surface area contributed by atoms with Gasteiger partial charge < -0.3 is 10.5 Å². The van der Waals surface area contributed by atoms with Crippen LogP contribution in [0.2, 0.25) is 0 Å². The Labute approximate surface area is 117 Å². The van der Waals surface area contributed by atoms with Crippen LogP contribution >= 0.6 is 0 Å². The molecule has 2 heterocycles. The minimum absolute atomic E-state index is 0.423. The second kappa shape index (κ2) is 5.30. The van der Waals surface area contributed by atoms with Crippen LogP contribution in [-0.4, -0.2) is 14.4 Å². The number of hydrogen-bond donors (Lipinski definition) is 1. The SMILES string of the molecule is Cc1nc(COc2ccccc2)cc2nc(CN)cn12. The van der Waals surface area contributed by atoms with Crippen molar-refractivity contribution in [3.63, 3.8) is 0 Å². The number of imidazole rings is 1. The van der Waals surface area contributed by atoms with Crippen molar-refractivity contribution < 1.29 is 4.74 Å². The lowest BCUT2D eigenvalue weighted by atomic mass is 10.3. The minimum atomic E-state index is 0.423. The fraction of sp³-hybridized carbons (Fsp3) is 0.200. The van der Waals surface area contributed by atoms with Gasteiger partial charge in [0.2, 0.25) is 0 Å². The highest BCUT2D eigenvalue weighted by atomic mass is 16.5. The Morgan fingerprint density at radius 1 is 1.15 bits per heavy atom.